The zero-order valence-corrected chi connectivity index (χ0v) is 14.1. The Morgan fingerprint density at radius 1 is 1.13 bits per heavy atom. The molecule has 1 saturated heterocycles. The maximum atomic E-state index is 12.2. The third-order valence-corrected chi connectivity index (χ3v) is 3.89. The Bertz CT molecular complexity index is 535. The Balaban J connectivity index is 1.91. The SMILES string of the molecule is CC(C)NC(=O)c1cccc(NC(=O)CN2CCCCCC2)c1. The van der Waals surface area contributed by atoms with E-state index >= 15 is 0 Å². The highest BCUT2D eigenvalue weighted by Gasteiger charge is 2.14. The van der Waals surface area contributed by atoms with E-state index in [4.69, 9.17) is 0 Å². The Kier molecular flexibility index (Phi) is 6.59. The minimum Gasteiger partial charge on any atom is -0.350 e. The lowest BCUT2D eigenvalue weighted by atomic mass is 10.1. The van der Waals surface area contributed by atoms with E-state index in [0.29, 0.717) is 17.8 Å². The number of nitrogens with one attached hydrogen (secondary N) is 2. The van der Waals surface area contributed by atoms with Gasteiger partial charge in [-0.05, 0) is 58.0 Å². The van der Waals surface area contributed by atoms with Crippen LogP contribution >= 0.6 is 0 Å². The highest BCUT2D eigenvalue weighted by atomic mass is 16.2. The van der Waals surface area contributed by atoms with Gasteiger partial charge in [0.15, 0.2) is 0 Å². The summed E-state index contributed by atoms with van der Waals surface area (Å²) in [6.45, 7) is 6.24. The molecule has 0 aliphatic carbocycles. The number of rotatable bonds is 5. The van der Waals surface area contributed by atoms with E-state index in [1.165, 1.54) is 12.8 Å². The van der Waals surface area contributed by atoms with Crippen LogP contribution < -0.4 is 10.6 Å². The topological polar surface area (TPSA) is 61.4 Å². The molecule has 0 saturated carbocycles. The number of likely N-dealkylation sites (tertiary alicyclic amines) is 1. The summed E-state index contributed by atoms with van der Waals surface area (Å²) in [6, 6.07) is 7.16. The minimum absolute atomic E-state index is 0.0201. The van der Waals surface area contributed by atoms with Crippen molar-refractivity contribution in [2.75, 3.05) is 25.0 Å². The lowest BCUT2D eigenvalue weighted by Gasteiger charge is -2.19. The van der Waals surface area contributed by atoms with Gasteiger partial charge in [0.1, 0.15) is 0 Å². The molecule has 0 bridgehead atoms. The fraction of sp³-hybridized carbons (Fsp3) is 0.556. The molecule has 0 atom stereocenters. The van der Waals surface area contributed by atoms with Crippen molar-refractivity contribution in [3.8, 4) is 0 Å². The quantitative estimate of drug-likeness (QED) is 0.877. The molecule has 5 heteroatoms. The fourth-order valence-corrected chi connectivity index (χ4v) is 2.78. The Labute approximate surface area is 138 Å². The molecule has 2 N–H and O–H groups in total. The van der Waals surface area contributed by atoms with Gasteiger partial charge in [-0.25, -0.2) is 0 Å². The minimum atomic E-state index is -0.122. The molecule has 1 aliphatic heterocycles. The van der Waals surface area contributed by atoms with Crippen LogP contribution in [0.25, 0.3) is 0 Å². The maximum Gasteiger partial charge on any atom is 0.251 e. The molecule has 0 spiro atoms. The standard InChI is InChI=1S/C18H27N3O2/c1-14(2)19-18(23)15-8-7-9-16(12-15)20-17(22)13-21-10-5-3-4-6-11-21/h7-9,12,14H,3-6,10-11,13H2,1-2H3,(H,19,23)(H,20,22). The lowest BCUT2D eigenvalue weighted by molar-refractivity contribution is -0.117. The summed E-state index contributed by atoms with van der Waals surface area (Å²) in [5, 5.41) is 5.75. The van der Waals surface area contributed by atoms with Gasteiger partial charge in [-0.3, -0.25) is 14.5 Å². The van der Waals surface area contributed by atoms with E-state index in [1.54, 1.807) is 18.2 Å². The second-order valence-electron chi connectivity index (χ2n) is 6.45. The monoisotopic (exact) mass is 317 g/mol. The van der Waals surface area contributed by atoms with Crippen LogP contribution in [-0.2, 0) is 4.79 Å². The van der Waals surface area contributed by atoms with Crippen molar-refractivity contribution >= 4 is 17.5 Å². The zero-order chi connectivity index (χ0) is 16.7. The van der Waals surface area contributed by atoms with Gasteiger partial charge in [-0.15, -0.1) is 0 Å². The van der Waals surface area contributed by atoms with E-state index in [9.17, 15) is 9.59 Å². The third kappa shape index (κ3) is 6.02. The van der Waals surface area contributed by atoms with Crippen molar-refractivity contribution in [2.24, 2.45) is 0 Å². The van der Waals surface area contributed by atoms with E-state index in [1.807, 2.05) is 19.9 Å². The number of anilines is 1. The van der Waals surface area contributed by atoms with Gasteiger partial charge in [0.25, 0.3) is 5.91 Å². The number of carbonyl (C=O) groups is 2. The third-order valence-electron chi connectivity index (χ3n) is 3.89. The van der Waals surface area contributed by atoms with Crippen molar-refractivity contribution in [1.82, 2.24) is 10.2 Å². The normalized spacial score (nSPS) is 16.0. The van der Waals surface area contributed by atoms with Crippen molar-refractivity contribution in [3.63, 3.8) is 0 Å². The summed E-state index contributed by atoms with van der Waals surface area (Å²) in [5.74, 6) is -0.142. The van der Waals surface area contributed by atoms with Gasteiger partial charge in [0.05, 0.1) is 6.54 Å². The molecule has 1 heterocycles. The van der Waals surface area contributed by atoms with Crippen molar-refractivity contribution in [2.45, 2.75) is 45.6 Å². The fourth-order valence-electron chi connectivity index (χ4n) is 2.78. The molecule has 0 unspecified atom stereocenters. The van der Waals surface area contributed by atoms with Crippen LogP contribution in [-0.4, -0.2) is 42.4 Å². The molecule has 23 heavy (non-hydrogen) atoms. The first-order valence-electron chi connectivity index (χ1n) is 8.48. The molecule has 1 aliphatic rings. The number of hydrogen-bond donors (Lipinski definition) is 2. The molecule has 1 fully saturated rings. The first-order chi connectivity index (χ1) is 11.0. The van der Waals surface area contributed by atoms with Crippen molar-refractivity contribution < 1.29 is 9.59 Å². The predicted molar refractivity (Wildman–Crippen MR) is 92.6 cm³/mol. The second-order valence-corrected chi connectivity index (χ2v) is 6.45. The van der Waals surface area contributed by atoms with Crippen LogP contribution in [0.4, 0.5) is 5.69 Å². The largest absolute Gasteiger partial charge is 0.350 e. The smallest absolute Gasteiger partial charge is 0.251 e. The first kappa shape index (κ1) is 17.5. The van der Waals surface area contributed by atoms with Crippen LogP contribution in [0.5, 0.6) is 0 Å². The molecule has 1 aromatic carbocycles. The summed E-state index contributed by atoms with van der Waals surface area (Å²) >= 11 is 0. The average Bonchev–Trinajstić information content (AvgIpc) is 2.75. The van der Waals surface area contributed by atoms with Crippen molar-refractivity contribution in [3.05, 3.63) is 29.8 Å². The highest BCUT2D eigenvalue weighted by Crippen LogP contribution is 2.12. The molecule has 1 aromatic rings. The molecule has 5 nitrogen and oxygen atoms in total. The predicted octanol–water partition coefficient (Wildman–Crippen LogP) is 2.64. The van der Waals surface area contributed by atoms with Gasteiger partial charge in [-0.2, -0.15) is 0 Å². The molecule has 0 aromatic heterocycles. The Morgan fingerprint density at radius 2 is 1.83 bits per heavy atom. The number of amides is 2. The van der Waals surface area contributed by atoms with Crippen LogP contribution in [0.2, 0.25) is 0 Å². The molecule has 126 valence electrons. The van der Waals surface area contributed by atoms with Crippen molar-refractivity contribution in [1.29, 1.82) is 0 Å². The average molecular weight is 317 g/mol. The van der Waals surface area contributed by atoms with Gasteiger partial charge < -0.3 is 10.6 Å². The summed E-state index contributed by atoms with van der Waals surface area (Å²) in [4.78, 5) is 26.4. The molecular weight excluding hydrogens is 290 g/mol. The van der Waals surface area contributed by atoms with Crippen LogP contribution in [0.3, 0.4) is 0 Å². The molecule has 2 amide bonds. The van der Waals surface area contributed by atoms with Crippen LogP contribution in [0.15, 0.2) is 24.3 Å². The molecule has 2 rings (SSSR count). The van der Waals surface area contributed by atoms with Crippen LogP contribution in [0, 0.1) is 0 Å². The summed E-state index contributed by atoms with van der Waals surface area (Å²) in [5.41, 5.74) is 1.23. The molecule has 0 radical (unpaired) electrons. The number of carbonyl (C=O) groups excluding carboxylic acids is 2. The zero-order valence-electron chi connectivity index (χ0n) is 14.1. The first-order valence-corrected chi connectivity index (χ1v) is 8.48. The Hall–Kier alpha value is -1.88. The van der Waals surface area contributed by atoms with E-state index in [-0.39, 0.29) is 17.9 Å². The summed E-state index contributed by atoms with van der Waals surface area (Å²) in [6.07, 6.45) is 4.84. The summed E-state index contributed by atoms with van der Waals surface area (Å²) < 4.78 is 0. The van der Waals surface area contributed by atoms with E-state index in [0.717, 1.165) is 25.9 Å². The number of benzene rings is 1. The summed E-state index contributed by atoms with van der Waals surface area (Å²) in [7, 11) is 0. The van der Waals surface area contributed by atoms with Gasteiger partial charge >= 0.3 is 0 Å². The van der Waals surface area contributed by atoms with Gasteiger partial charge in [0, 0.05) is 17.3 Å². The number of hydrogen-bond acceptors (Lipinski definition) is 3. The number of nitrogens with zero attached hydrogens (tertiary/aromatic N) is 1. The lowest BCUT2D eigenvalue weighted by Crippen LogP contribution is -2.34. The maximum absolute atomic E-state index is 12.2. The Morgan fingerprint density at radius 3 is 2.48 bits per heavy atom. The van der Waals surface area contributed by atoms with Gasteiger partial charge in [0.2, 0.25) is 5.91 Å². The molecular formula is C18H27N3O2. The van der Waals surface area contributed by atoms with E-state index < -0.39 is 0 Å². The van der Waals surface area contributed by atoms with Crippen LogP contribution in [0.1, 0.15) is 49.9 Å². The second kappa shape index (κ2) is 8.67. The van der Waals surface area contributed by atoms with E-state index in [2.05, 4.69) is 15.5 Å². The van der Waals surface area contributed by atoms with Gasteiger partial charge in [-0.1, -0.05) is 18.9 Å². The highest BCUT2D eigenvalue weighted by molar-refractivity contribution is 5.97.